The van der Waals surface area contributed by atoms with E-state index in [-0.39, 0.29) is 5.91 Å². The minimum Gasteiger partial charge on any atom is -0.360 e. The molecule has 0 aromatic carbocycles. The molecule has 7 nitrogen and oxygen atoms in total. The van der Waals surface area contributed by atoms with Crippen molar-refractivity contribution in [1.29, 1.82) is 0 Å². The van der Waals surface area contributed by atoms with Gasteiger partial charge in [-0.1, -0.05) is 22.7 Å². The SMILES string of the molecule is CCNc1nnc(C(=O)Nc2nncs2)s1. The van der Waals surface area contributed by atoms with Crippen LogP contribution >= 0.6 is 22.7 Å². The van der Waals surface area contributed by atoms with Crippen molar-refractivity contribution >= 4 is 38.8 Å². The largest absolute Gasteiger partial charge is 0.360 e. The van der Waals surface area contributed by atoms with E-state index in [0.29, 0.717) is 15.3 Å². The van der Waals surface area contributed by atoms with Gasteiger partial charge >= 0.3 is 0 Å². The van der Waals surface area contributed by atoms with Crippen LogP contribution in [0.15, 0.2) is 5.51 Å². The Morgan fingerprint density at radius 3 is 2.94 bits per heavy atom. The fraction of sp³-hybridized carbons (Fsp3) is 0.286. The Balaban J connectivity index is 2.03. The monoisotopic (exact) mass is 256 g/mol. The van der Waals surface area contributed by atoms with Gasteiger partial charge in [-0.15, -0.1) is 20.4 Å². The third-order valence-electron chi connectivity index (χ3n) is 1.53. The van der Waals surface area contributed by atoms with Gasteiger partial charge in [-0.3, -0.25) is 10.1 Å². The van der Waals surface area contributed by atoms with Crippen molar-refractivity contribution in [2.75, 3.05) is 17.2 Å². The van der Waals surface area contributed by atoms with E-state index in [1.165, 1.54) is 22.7 Å². The molecule has 2 N–H and O–H groups in total. The Labute approximate surface area is 98.9 Å². The van der Waals surface area contributed by atoms with Crippen molar-refractivity contribution in [3.8, 4) is 0 Å². The number of anilines is 2. The lowest BCUT2D eigenvalue weighted by molar-refractivity contribution is 0.102. The summed E-state index contributed by atoms with van der Waals surface area (Å²) in [5.74, 6) is -0.321. The van der Waals surface area contributed by atoms with Gasteiger partial charge in [0.1, 0.15) is 5.51 Å². The fourth-order valence-electron chi connectivity index (χ4n) is 0.916. The summed E-state index contributed by atoms with van der Waals surface area (Å²) >= 11 is 2.45. The van der Waals surface area contributed by atoms with E-state index in [4.69, 9.17) is 0 Å². The summed E-state index contributed by atoms with van der Waals surface area (Å²) in [5.41, 5.74) is 1.54. The first-order chi connectivity index (χ1) is 7.79. The van der Waals surface area contributed by atoms with E-state index in [1.807, 2.05) is 6.92 Å². The van der Waals surface area contributed by atoms with E-state index < -0.39 is 0 Å². The summed E-state index contributed by atoms with van der Waals surface area (Å²) in [6.07, 6.45) is 0. The molecule has 2 heterocycles. The first-order valence-electron chi connectivity index (χ1n) is 4.44. The van der Waals surface area contributed by atoms with Crippen LogP contribution < -0.4 is 10.6 Å². The van der Waals surface area contributed by atoms with Crippen molar-refractivity contribution in [2.24, 2.45) is 0 Å². The second-order valence-corrected chi connectivity index (χ2v) is 4.45. The Bertz CT molecular complexity index is 467. The molecule has 1 amide bonds. The molecule has 0 aliphatic carbocycles. The van der Waals surface area contributed by atoms with Gasteiger partial charge in [-0.05, 0) is 6.92 Å². The smallest absolute Gasteiger partial charge is 0.288 e. The number of amides is 1. The van der Waals surface area contributed by atoms with Crippen molar-refractivity contribution in [3.63, 3.8) is 0 Å². The molecule has 0 bridgehead atoms. The summed E-state index contributed by atoms with van der Waals surface area (Å²) < 4.78 is 0. The number of nitrogens with zero attached hydrogens (tertiary/aromatic N) is 4. The number of hydrogen-bond donors (Lipinski definition) is 2. The number of carbonyl (C=O) groups is 1. The molecule has 9 heteroatoms. The van der Waals surface area contributed by atoms with Crippen LogP contribution in [-0.2, 0) is 0 Å². The molecule has 2 aromatic rings. The number of nitrogens with one attached hydrogen (secondary N) is 2. The summed E-state index contributed by atoms with van der Waals surface area (Å²) in [6, 6.07) is 0. The lowest BCUT2D eigenvalue weighted by Crippen LogP contribution is -2.11. The molecular weight excluding hydrogens is 248 g/mol. The third kappa shape index (κ3) is 2.49. The van der Waals surface area contributed by atoms with Gasteiger partial charge in [0.2, 0.25) is 15.3 Å². The van der Waals surface area contributed by atoms with Crippen LogP contribution in [0.4, 0.5) is 10.3 Å². The van der Waals surface area contributed by atoms with Crippen molar-refractivity contribution in [3.05, 3.63) is 10.5 Å². The standard InChI is InChI=1S/C7H8N6OS2/c1-2-8-6-13-11-5(16-6)4(14)10-7-12-9-3-15-7/h3H,2H2,1H3,(H,8,13)(H,10,12,14). The normalized spacial score (nSPS) is 10.1. The van der Waals surface area contributed by atoms with Crippen LogP contribution in [-0.4, -0.2) is 32.8 Å². The third-order valence-corrected chi connectivity index (χ3v) is 3.01. The van der Waals surface area contributed by atoms with Crippen LogP contribution in [0, 0.1) is 0 Å². The summed E-state index contributed by atoms with van der Waals surface area (Å²) in [7, 11) is 0. The molecule has 0 spiro atoms. The molecule has 0 unspecified atom stereocenters. The number of hydrogen-bond acceptors (Lipinski definition) is 8. The maximum absolute atomic E-state index is 11.6. The maximum atomic E-state index is 11.6. The Hall–Kier alpha value is -1.61. The summed E-state index contributed by atoms with van der Waals surface area (Å²) in [4.78, 5) is 11.6. The highest BCUT2D eigenvalue weighted by Gasteiger charge is 2.13. The van der Waals surface area contributed by atoms with Crippen molar-refractivity contribution in [1.82, 2.24) is 20.4 Å². The molecule has 16 heavy (non-hydrogen) atoms. The van der Waals surface area contributed by atoms with Gasteiger partial charge < -0.3 is 5.32 Å². The Morgan fingerprint density at radius 2 is 2.25 bits per heavy atom. The van der Waals surface area contributed by atoms with Gasteiger partial charge in [0.05, 0.1) is 0 Å². The van der Waals surface area contributed by atoms with E-state index in [1.54, 1.807) is 5.51 Å². The fourth-order valence-corrected chi connectivity index (χ4v) is 2.06. The van der Waals surface area contributed by atoms with Crippen LogP contribution in [0.2, 0.25) is 0 Å². The highest BCUT2D eigenvalue weighted by atomic mass is 32.1. The molecule has 84 valence electrons. The Morgan fingerprint density at radius 1 is 1.38 bits per heavy atom. The topological polar surface area (TPSA) is 92.7 Å². The lowest BCUT2D eigenvalue weighted by Gasteiger charge is -1.94. The molecule has 0 aliphatic heterocycles. The highest BCUT2D eigenvalue weighted by Crippen LogP contribution is 2.17. The average molecular weight is 256 g/mol. The van der Waals surface area contributed by atoms with Crippen LogP contribution in [0.3, 0.4) is 0 Å². The Kier molecular flexibility index (Phi) is 3.37. The number of aromatic nitrogens is 4. The molecule has 2 aromatic heterocycles. The second-order valence-electron chi connectivity index (χ2n) is 2.64. The van der Waals surface area contributed by atoms with E-state index in [9.17, 15) is 4.79 Å². The minimum atomic E-state index is -0.321. The van der Waals surface area contributed by atoms with Gasteiger partial charge in [-0.2, -0.15) is 0 Å². The molecule has 2 rings (SSSR count). The maximum Gasteiger partial charge on any atom is 0.288 e. The van der Waals surface area contributed by atoms with Gasteiger partial charge in [0.15, 0.2) is 0 Å². The van der Waals surface area contributed by atoms with E-state index >= 15 is 0 Å². The van der Waals surface area contributed by atoms with Crippen LogP contribution in [0.5, 0.6) is 0 Å². The number of rotatable bonds is 4. The van der Waals surface area contributed by atoms with Gasteiger partial charge in [0.25, 0.3) is 5.91 Å². The zero-order valence-corrected chi connectivity index (χ0v) is 9.93. The van der Waals surface area contributed by atoms with Gasteiger partial charge in [0, 0.05) is 6.54 Å². The molecule has 0 radical (unpaired) electrons. The van der Waals surface area contributed by atoms with E-state index in [2.05, 4.69) is 31.0 Å². The quantitative estimate of drug-likeness (QED) is 0.850. The summed E-state index contributed by atoms with van der Waals surface area (Å²) in [5, 5.41) is 21.8. The molecular formula is C7H8N6OS2. The van der Waals surface area contributed by atoms with Crippen LogP contribution in [0.1, 0.15) is 16.7 Å². The predicted octanol–water partition coefficient (Wildman–Crippen LogP) is 1.07. The highest BCUT2D eigenvalue weighted by molar-refractivity contribution is 7.17. The molecule has 0 fully saturated rings. The molecule has 0 atom stereocenters. The van der Waals surface area contributed by atoms with Crippen molar-refractivity contribution < 1.29 is 4.79 Å². The van der Waals surface area contributed by atoms with Crippen molar-refractivity contribution in [2.45, 2.75) is 6.92 Å². The molecule has 0 aliphatic rings. The van der Waals surface area contributed by atoms with E-state index in [0.717, 1.165) is 6.54 Å². The first kappa shape index (κ1) is 10.9. The molecule has 0 saturated heterocycles. The zero-order valence-electron chi connectivity index (χ0n) is 8.30. The first-order valence-corrected chi connectivity index (χ1v) is 6.14. The summed E-state index contributed by atoms with van der Waals surface area (Å²) in [6.45, 7) is 2.69. The average Bonchev–Trinajstić information content (AvgIpc) is 2.89. The number of carbonyl (C=O) groups excluding carboxylic acids is 1. The minimum absolute atomic E-state index is 0.297. The zero-order chi connectivity index (χ0) is 11.4. The molecule has 0 saturated carbocycles. The predicted molar refractivity (Wildman–Crippen MR) is 61.9 cm³/mol. The van der Waals surface area contributed by atoms with Gasteiger partial charge in [-0.25, -0.2) is 0 Å². The second kappa shape index (κ2) is 4.94. The van der Waals surface area contributed by atoms with Crippen LogP contribution in [0.25, 0.3) is 0 Å². The lowest BCUT2D eigenvalue weighted by atomic mass is 10.6.